The van der Waals surface area contributed by atoms with Crippen LogP contribution >= 0.6 is 0 Å². The molecule has 0 aliphatic carbocycles. The molecule has 0 aliphatic heterocycles. The zero-order valence-corrected chi connectivity index (χ0v) is 10.2. The van der Waals surface area contributed by atoms with Crippen LogP contribution in [-0.2, 0) is 10.1 Å². The molecule has 1 radical (unpaired) electrons. The van der Waals surface area contributed by atoms with Gasteiger partial charge in [-0.1, -0.05) is 0 Å². The first-order valence-electron chi connectivity index (χ1n) is 2.70. The average Bonchev–Trinajstić information content (AvgIpc) is 1.80. The first kappa shape index (κ1) is 15.0. The van der Waals surface area contributed by atoms with E-state index in [1.807, 2.05) is 0 Å². The topological polar surface area (TPSA) is 94.8 Å². The summed E-state index contributed by atoms with van der Waals surface area (Å²) in [7, 11) is -4.19. The maximum atomic E-state index is 10.2. The minimum absolute atomic E-state index is 0. The van der Waals surface area contributed by atoms with E-state index in [1.165, 1.54) is 0 Å². The Balaban J connectivity index is 0. The Morgan fingerprint density at radius 2 is 1.73 bits per heavy atom. The fourth-order valence-electron chi connectivity index (χ4n) is 0.478. The second-order valence-corrected chi connectivity index (χ2v) is 3.53. The Hall–Kier alpha value is 1.47. The van der Waals surface area contributed by atoms with Crippen molar-refractivity contribution in [2.45, 2.75) is 11.7 Å². The molecular formula is C4H10KO5S. The van der Waals surface area contributed by atoms with Crippen LogP contribution in [0.1, 0.15) is 6.42 Å². The van der Waals surface area contributed by atoms with Gasteiger partial charge in [-0.3, -0.25) is 4.55 Å². The number of aliphatic hydroxyl groups is 2. The van der Waals surface area contributed by atoms with Gasteiger partial charge in [0.25, 0.3) is 10.1 Å². The van der Waals surface area contributed by atoms with Crippen molar-refractivity contribution in [3.63, 3.8) is 0 Å². The molecule has 0 saturated carbocycles. The Morgan fingerprint density at radius 3 is 1.82 bits per heavy atom. The van der Waals surface area contributed by atoms with Crippen molar-refractivity contribution in [1.82, 2.24) is 0 Å². The van der Waals surface area contributed by atoms with Gasteiger partial charge in [0.2, 0.25) is 0 Å². The molecule has 0 fully saturated rings. The molecule has 0 saturated heterocycles. The van der Waals surface area contributed by atoms with Gasteiger partial charge in [0, 0.05) is 58.0 Å². The van der Waals surface area contributed by atoms with Crippen LogP contribution in [0.15, 0.2) is 0 Å². The molecule has 7 heteroatoms. The van der Waals surface area contributed by atoms with Crippen LogP contribution in [0.3, 0.4) is 0 Å². The van der Waals surface area contributed by atoms with Crippen molar-refractivity contribution in [3.05, 3.63) is 0 Å². The number of hydrogen-bond acceptors (Lipinski definition) is 4. The average molecular weight is 209 g/mol. The molecule has 5 nitrogen and oxygen atoms in total. The number of hydrogen-bond donors (Lipinski definition) is 3. The Morgan fingerprint density at radius 1 is 1.27 bits per heavy atom. The summed E-state index contributed by atoms with van der Waals surface area (Å²) in [4.78, 5) is 0. The van der Waals surface area contributed by atoms with Crippen molar-refractivity contribution in [1.29, 1.82) is 0 Å². The summed E-state index contributed by atoms with van der Waals surface area (Å²) in [6.07, 6.45) is -0.144. The molecule has 0 aromatic rings. The van der Waals surface area contributed by atoms with Gasteiger partial charge < -0.3 is 10.2 Å². The van der Waals surface area contributed by atoms with Gasteiger partial charge in [-0.15, -0.1) is 0 Å². The van der Waals surface area contributed by atoms with Crippen LogP contribution in [0, 0.1) is 0 Å². The number of rotatable bonds is 4. The molecule has 0 bridgehead atoms. The monoisotopic (exact) mass is 209 g/mol. The van der Waals surface area contributed by atoms with Gasteiger partial charge in [-0.05, 0) is 6.42 Å². The molecule has 63 valence electrons. The van der Waals surface area contributed by atoms with Crippen LogP contribution in [0.2, 0.25) is 0 Å². The van der Waals surface area contributed by atoms with E-state index in [9.17, 15) is 8.42 Å². The third kappa shape index (κ3) is 6.61. The van der Waals surface area contributed by atoms with Crippen molar-refractivity contribution >= 4 is 61.5 Å². The molecule has 0 rings (SSSR count). The summed E-state index contributed by atoms with van der Waals surface area (Å²) in [5.74, 6) is 0. The summed E-state index contributed by atoms with van der Waals surface area (Å²) in [6.45, 7) is -1.04. The first-order chi connectivity index (χ1) is 4.52. The predicted molar refractivity (Wildman–Crippen MR) is 39.9 cm³/mol. The minimum atomic E-state index is -4.19. The van der Waals surface area contributed by atoms with Gasteiger partial charge in [0.1, 0.15) is 5.25 Å². The Kier molecular flexibility index (Phi) is 9.42. The number of aliphatic hydroxyl groups excluding tert-OH is 2. The molecule has 0 aromatic carbocycles. The van der Waals surface area contributed by atoms with E-state index in [0.717, 1.165) is 0 Å². The van der Waals surface area contributed by atoms with Crippen LogP contribution in [0.25, 0.3) is 0 Å². The maximum absolute atomic E-state index is 10.2. The summed E-state index contributed by atoms with van der Waals surface area (Å²) < 4.78 is 28.8. The smallest absolute Gasteiger partial charge is 0.270 e. The second-order valence-electron chi connectivity index (χ2n) is 1.83. The molecule has 0 heterocycles. The minimum Gasteiger partial charge on any atom is -0.396 e. The van der Waals surface area contributed by atoms with Crippen molar-refractivity contribution in [2.75, 3.05) is 13.2 Å². The SMILES string of the molecule is O=S(=O)(O)C(CO)CCO.[K]. The van der Waals surface area contributed by atoms with E-state index in [1.54, 1.807) is 0 Å². The quantitative estimate of drug-likeness (QED) is 0.376. The summed E-state index contributed by atoms with van der Waals surface area (Å²) in [6, 6.07) is 0. The van der Waals surface area contributed by atoms with E-state index < -0.39 is 22.0 Å². The van der Waals surface area contributed by atoms with Crippen molar-refractivity contribution in [3.8, 4) is 0 Å². The fourth-order valence-corrected chi connectivity index (χ4v) is 1.07. The Labute approximate surface area is 108 Å². The van der Waals surface area contributed by atoms with Gasteiger partial charge >= 0.3 is 0 Å². The van der Waals surface area contributed by atoms with Crippen LogP contribution in [-0.4, -0.2) is 93.0 Å². The normalized spacial score (nSPS) is 13.7. The molecule has 0 aromatic heterocycles. The van der Waals surface area contributed by atoms with E-state index in [0.29, 0.717) is 0 Å². The Bertz CT molecular complexity index is 177. The third-order valence-corrected chi connectivity index (χ3v) is 2.30. The summed E-state index contributed by atoms with van der Waals surface area (Å²) >= 11 is 0. The maximum Gasteiger partial charge on any atom is 0.270 e. The van der Waals surface area contributed by atoms with E-state index in [-0.39, 0.29) is 64.4 Å². The zero-order valence-electron chi connectivity index (χ0n) is 6.27. The standard InChI is InChI=1S/C4H10O5S.K/c5-2-1-4(3-6)10(7,8)9;/h4-6H,1-3H2,(H,7,8,9);. The van der Waals surface area contributed by atoms with Gasteiger partial charge in [0.05, 0.1) is 6.61 Å². The molecule has 3 N–H and O–H groups in total. The molecule has 1 unspecified atom stereocenters. The van der Waals surface area contributed by atoms with E-state index in [2.05, 4.69) is 0 Å². The van der Waals surface area contributed by atoms with E-state index in [4.69, 9.17) is 14.8 Å². The van der Waals surface area contributed by atoms with Crippen molar-refractivity contribution < 1.29 is 23.2 Å². The predicted octanol–water partition coefficient (Wildman–Crippen LogP) is -1.76. The molecular weight excluding hydrogens is 199 g/mol. The molecule has 0 spiro atoms. The zero-order chi connectivity index (χ0) is 8.20. The largest absolute Gasteiger partial charge is 0.396 e. The van der Waals surface area contributed by atoms with Gasteiger partial charge in [0.15, 0.2) is 0 Å². The van der Waals surface area contributed by atoms with Gasteiger partial charge in [-0.2, -0.15) is 8.42 Å². The first-order valence-corrected chi connectivity index (χ1v) is 4.20. The van der Waals surface area contributed by atoms with Gasteiger partial charge in [-0.25, -0.2) is 0 Å². The molecule has 11 heavy (non-hydrogen) atoms. The van der Waals surface area contributed by atoms with Crippen LogP contribution in [0.4, 0.5) is 0 Å². The summed E-state index contributed by atoms with van der Waals surface area (Å²) in [5.41, 5.74) is 0. The van der Waals surface area contributed by atoms with Crippen LogP contribution in [0.5, 0.6) is 0 Å². The fraction of sp³-hybridized carbons (Fsp3) is 1.00. The second kappa shape index (κ2) is 6.93. The van der Waals surface area contributed by atoms with Crippen molar-refractivity contribution in [2.24, 2.45) is 0 Å². The van der Waals surface area contributed by atoms with E-state index >= 15 is 0 Å². The molecule has 0 amide bonds. The molecule has 0 aliphatic rings. The summed E-state index contributed by atoms with van der Waals surface area (Å²) in [5, 5.41) is 15.3. The third-order valence-electron chi connectivity index (χ3n) is 1.08. The molecule has 1 atom stereocenters. The van der Waals surface area contributed by atoms with Crippen LogP contribution < -0.4 is 0 Å².